The predicted octanol–water partition coefficient (Wildman–Crippen LogP) is 1.44. The van der Waals surface area contributed by atoms with Gasteiger partial charge in [-0.05, 0) is 6.07 Å². The van der Waals surface area contributed by atoms with Gasteiger partial charge in [0.1, 0.15) is 11.6 Å². The maximum atomic E-state index is 10.7. The van der Waals surface area contributed by atoms with Gasteiger partial charge in [-0.15, -0.1) is 0 Å². The van der Waals surface area contributed by atoms with Crippen LogP contribution in [0.3, 0.4) is 0 Å². The Bertz CT molecular complexity index is 609. The first-order valence-electron chi connectivity index (χ1n) is 6.09. The average Bonchev–Trinajstić information content (AvgIpc) is 2.84. The normalized spacial score (nSPS) is 10.5. The van der Waals surface area contributed by atoms with E-state index in [4.69, 9.17) is 4.74 Å². The van der Waals surface area contributed by atoms with Crippen molar-refractivity contribution in [1.82, 2.24) is 9.55 Å². The summed E-state index contributed by atoms with van der Waals surface area (Å²) in [6, 6.07) is 4.17. The molecular weight excluding hydrogens is 262 g/mol. The summed E-state index contributed by atoms with van der Waals surface area (Å²) in [5.41, 5.74) is 0.338. The predicted molar refractivity (Wildman–Crippen MR) is 71.4 cm³/mol. The summed E-state index contributed by atoms with van der Waals surface area (Å²) in [7, 11) is 1.90. The zero-order chi connectivity index (χ0) is 14.5. The lowest BCUT2D eigenvalue weighted by Crippen LogP contribution is -2.07. The molecule has 1 aromatic heterocycles. The van der Waals surface area contributed by atoms with Crippen LogP contribution in [0.2, 0.25) is 0 Å². The largest absolute Gasteiger partial charge is 0.493 e. The molecule has 7 heteroatoms. The Kier molecular flexibility index (Phi) is 4.31. The molecule has 0 radical (unpaired) electrons. The van der Waals surface area contributed by atoms with Crippen molar-refractivity contribution >= 4 is 5.69 Å². The molecule has 0 saturated heterocycles. The second-order valence-corrected chi connectivity index (χ2v) is 4.26. The molecule has 1 N–H and O–H groups in total. The van der Waals surface area contributed by atoms with E-state index < -0.39 is 4.92 Å². The number of hydrogen-bond donors (Lipinski definition) is 1. The molecule has 0 aliphatic carbocycles. The molecule has 0 amide bonds. The lowest BCUT2D eigenvalue weighted by molar-refractivity contribution is -0.385. The molecule has 1 heterocycles. The molecule has 0 unspecified atom stereocenters. The molecule has 0 spiro atoms. The molecular formula is C13H15N3O4. The van der Waals surface area contributed by atoms with Gasteiger partial charge >= 0.3 is 0 Å². The van der Waals surface area contributed by atoms with Crippen LogP contribution in [0, 0.1) is 10.1 Å². The minimum absolute atomic E-state index is 0.0644. The van der Waals surface area contributed by atoms with Crippen molar-refractivity contribution in [3.05, 3.63) is 52.1 Å². The number of aryl methyl sites for hydroxylation is 1. The number of benzene rings is 1. The Balaban J connectivity index is 2.02. The zero-order valence-corrected chi connectivity index (χ0v) is 11.0. The van der Waals surface area contributed by atoms with E-state index in [0.29, 0.717) is 24.3 Å². The second-order valence-electron chi connectivity index (χ2n) is 4.26. The van der Waals surface area contributed by atoms with E-state index in [2.05, 4.69) is 4.98 Å². The molecule has 0 aliphatic rings. The molecule has 0 atom stereocenters. The number of aliphatic hydroxyl groups is 1. The quantitative estimate of drug-likeness (QED) is 0.637. The van der Waals surface area contributed by atoms with Crippen molar-refractivity contribution < 1.29 is 14.8 Å². The first-order valence-corrected chi connectivity index (χ1v) is 6.09. The van der Waals surface area contributed by atoms with E-state index in [1.807, 2.05) is 17.8 Å². The third-order valence-electron chi connectivity index (χ3n) is 2.93. The fourth-order valence-corrected chi connectivity index (χ4v) is 1.83. The fraction of sp³-hybridized carbons (Fsp3) is 0.308. The van der Waals surface area contributed by atoms with Crippen LogP contribution in [-0.4, -0.2) is 26.2 Å². The van der Waals surface area contributed by atoms with E-state index in [1.54, 1.807) is 6.20 Å². The first kappa shape index (κ1) is 14.0. The van der Waals surface area contributed by atoms with Crippen LogP contribution in [-0.2, 0) is 20.1 Å². The van der Waals surface area contributed by atoms with Crippen LogP contribution in [0.25, 0.3) is 0 Å². The highest BCUT2D eigenvalue weighted by Gasteiger charge is 2.11. The number of ether oxygens (including phenoxy) is 1. The molecule has 0 fully saturated rings. The molecule has 0 saturated carbocycles. The van der Waals surface area contributed by atoms with Crippen molar-refractivity contribution in [2.24, 2.45) is 7.05 Å². The van der Waals surface area contributed by atoms with Gasteiger partial charge in [-0.2, -0.15) is 0 Å². The molecule has 7 nitrogen and oxygen atoms in total. The summed E-state index contributed by atoms with van der Waals surface area (Å²) < 4.78 is 7.45. The van der Waals surface area contributed by atoms with Gasteiger partial charge in [0.2, 0.25) is 0 Å². The van der Waals surface area contributed by atoms with Crippen LogP contribution in [0.5, 0.6) is 5.75 Å². The van der Waals surface area contributed by atoms with Gasteiger partial charge < -0.3 is 14.4 Å². The fourth-order valence-electron chi connectivity index (χ4n) is 1.83. The number of aliphatic hydroxyl groups excluding tert-OH is 1. The zero-order valence-electron chi connectivity index (χ0n) is 11.0. The standard InChI is InChI=1S/C13H15N3O4/c1-15-6-5-14-13(15)4-7-20-12-3-2-11(16(18)19)8-10(12)9-17/h2-3,5-6,8,17H,4,7,9H2,1H3. The van der Waals surface area contributed by atoms with Crippen LogP contribution >= 0.6 is 0 Å². The Morgan fingerprint density at radius 2 is 2.30 bits per heavy atom. The smallest absolute Gasteiger partial charge is 0.270 e. The molecule has 20 heavy (non-hydrogen) atoms. The molecule has 2 rings (SSSR count). The Morgan fingerprint density at radius 1 is 1.50 bits per heavy atom. The molecule has 0 aliphatic heterocycles. The Hall–Kier alpha value is -2.41. The number of aromatic nitrogens is 2. The monoisotopic (exact) mass is 277 g/mol. The first-order chi connectivity index (χ1) is 9.61. The van der Waals surface area contributed by atoms with E-state index in [-0.39, 0.29) is 12.3 Å². The maximum Gasteiger partial charge on any atom is 0.270 e. The maximum absolute atomic E-state index is 10.7. The van der Waals surface area contributed by atoms with Crippen molar-refractivity contribution in [3.63, 3.8) is 0 Å². The van der Waals surface area contributed by atoms with Crippen LogP contribution < -0.4 is 4.74 Å². The second kappa shape index (κ2) is 6.16. The van der Waals surface area contributed by atoms with Gasteiger partial charge in [0, 0.05) is 43.6 Å². The lowest BCUT2D eigenvalue weighted by atomic mass is 10.2. The van der Waals surface area contributed by atoms with E-state index in [0.717, 1.165) is 5.82 Å². The lowest BCUT2D eigenvalue weighted by Gasteiger charge is -2.10. The van der Waals surface area contributed by atoms with Gasteiger partial charge in [-0.25, -0.2) is 4.98 Å². The van der Waals surface area contributed by atoms with Gasteiger partial charge in [-0.1, -0.05) is 0 Å². The summed E-state index contributed by atoms with van der Waals surface area (Å²) in [6.07, 6.45) is 4.17. The highest BCUT2D eigenvalue weighted by molar-refractivity contribution is 5.43. The van der Waals surface area contributed by atoms with Gasteiger partial charge in [0.25, 0.3) is 5.69 Å². The van der Waals surface area contributed by atoms with Gasteiger partial charge in [0.05, 0.1) is 18.1 Å². The van der Waals surface area contributed by atoms with Crippen LogP contribution in [0.1, 0.15) is 11.4 Å². The topological polar surface area (TPSA) is 90.4 Å². The summed E-state index contributed by atoms with van der Waals surface area (Å²) in [5, 5.41) is 19.9. The van der Waals surface area contributed by atoms with Gasteiger partial charge in [-0.3, -0.25) is 10.1 Å². The number of hydrogen-bond acceptors (Lipinski definition) is 5. The van der Waals surface area contributed by atoms with E-state index in [9.17, 15) is 15.2 Å². The van der Waals surface area contributed by atoms with E-state index >= 15 is 0 Å². The SMILES string of the molecule is Cn1ccnc1CCOc1ccc([N+](=O)[O-])cc1CO. The molecule has 106 valence electrons. The molecule has 1 aromatic carbocycles. The van der Waals surface area contributed by atoms with Crippen LogP contribution in [0.4, 0.5) is 5.69 Å². The van der Waals surface area contributed by atoms with Crippen molar-refractivity contribution in [3.8, 4) is 5.75 Å². The number of imidazole rings is 1. The van der Waals surface area contributed by atoms with Crippen molar-refractivity contribution in [2.45, 2.75) is 13.0 Å². The van der Waals surface area contributed by atoms with Crippen molar-refractivity contribution in [1.29, 1.82) is 0 Å². The van der Waals surface area contributed by atoms with E-state index in [1.165, 1.54) is 18.2 Å². The van der Waals surface area contributed by atoms with Crippen molar-refractivity contribution in [2.75, 3.05) is 6.61 Å². The number of nitro benzene ring substituents is 1. The minimum Gasteiger partial charge on any atom is -0.493 e. The average molecular weight is 277 g/mol. The Labute approximate surface area is 115 Å². The minimum atomic E-state index is -0.503. The third kappa shape index (κ3) is 3.12. The summed E-state index contributed by atoms with van der Waals surface area (Å²) >= 11 is 0. The summed E-state index contributed by atoms with van der Waals surface area (Å²) in [4.78, 5) is 14.3. The summed E-state index contributed by atoms with van der Waals surface area (Å²) in [5.74, 6) is 1.34. The number of nitrogens with zero attached hydrogens (tertiary/aromatic N) is 3. The third-order valence-corrected chi connectivity index (χ3v) is 2.93. The van der Waals surface area contributed by atoms with Gasteiger partial charge in [0.15, 0.2) is 0 Å². The highest BCUT2D eigenvalue weighted by Crippen LogP contribution is 2.24. The number of nitro groups is 1. The number of non-ortho nitro benzene ring substituents is 1. The highest BCUT2D eigenvalue weighted by atomic mass is 16.6. The number of rotatable bonds is 6. The molecule has 2 aromatic rings. The Morgan fingerprint density at radius 3 is 2.90 bits per heavy atom. The summed E-state index contributed by atoms with van der Waals surface area (Å²) in [6.45, 7) is 0.0785. The molecule has 0 bridgehead atoms. The van der Waals surface area contributed by atoms with Crippen LogP contribution in [0.15, 0.2) is 30.6 Å².